The van der Waals surface area contributed by atoms with Crippen molar-refractivity contribution < 1.29 is 28.9 Å². The zero-order valence-electron chi connectivity index (χ0n) is 15.8. The predicted molar refractivity (Wildman–Crippen MR) is 102 cm³/mol. The van der Waals surface area contributed by atoms with Crippen LogP contribution in [0, 0.1) is 0 Å². The zero-order chi connectivity index (χ0) is 20.1. The molecule has 2 aromatic carbocycles. The minimum absolute atomic E-state index is 0.110. The molecule has 1 heterocycles. The monoisotopic (exact) mass is 385 g/mol. The molecule has 0 aromatic heterocycles. The van der Waals surface area contributed by atoms with Crippen LogP contribution in [0.15, 0.2) is 48.5 Å². The van der Waals surface area contributed by atoms with Crippen molar-refractivity contribution in [3.05, 3.63) is 59.7 Å². The number of carboxylic acid groups (broad SMARTS) is 1. The largest absolute Gasteiger partial charge is 0.488 e. The van der Waals surface area contributed by atoms with Gasteiger partial charge in [-0.2, -0.15) is 0 Å². The number of para-hydroxylation sites is 1. The lowest BCUT2D eigenvalue weighted by molar-refractivity contribution is -0.149. The molecule has 0 radical (unpaired) electrons. The Morgan fingerprint density at radius 2 is 1.93 bits per heavy atom. The van der Waals surface area contributed by atoms with Gasteiger partial charge < -0.3 is 24.2 Å². The summed E-state index contributed by atoms with van der Waals surface area (Å²) in [5, 5.41) is 9.17. The Morgan fingerprint density at radius 3 is 2.61 bits per heavy atom. The van der Waals surface area contributed by atoms with E-state index < -0.39 is 18.3 Å². The standard InChI is InChI=1S/C21H23NO6/c1-3-26-18(21(24)25)12-14-8-10-15(11-9-14)27-13-19-22(2)20(23)16-6-4-5-7-17(16)28-19/h4-11,18-19H,3,12-13H2,1-2H3,(H,24,25). The molecule has 148 valence electrons. The number of carbonyl (C=O) groups is 2. The van der Waals surface area contributed by atoms with E-state index in [1.54, 1.807) is 56.4 Å². The summed E-state index contributed by atoms with van der Waals surface area (Å²) >= 11 is 0. The van der Waals surface area contributed by atoms with Crippen molar-refractivity contribution in [2.75, 3.05) is 20.3 Å². The van der Waals surface area contributed by atoms with Gasteiger partial charge in [-0.15, -0.1) is 0 Å². The summed E-state index contributed by atoms with van der Waals surface area (Å²) in [7, 11) is 1.68. The van der Waals surface area contributed by atoms with Gasteiger partial charge in [-0.1, -0.05) is 24.3 Å². The molecular weight excluding hydrogens is 362 g/mol. The third kappa shape index (κ3) is 4.43. The Labute approximate surface area is 163 Å². The number of amides is 1. The molecule has 1 amide bonds. The number of ether oxygens (including phenoxy) is 3. The van der Waals surface area contributed by atoms with E-state index >= 15 is 0 Å². The minimum atomic E-state index is -0.982. The molecule has 0 saturated heterocycles. The highest BCUT2D eigenvalue weighted by Crippen LogP contribution is 2.27. The normalized spacial score (nSPS) is 16.9. The van der Waals surface area contributed by atoms with E-state index in [4.69, 9.17) is 19.3 Å². The Kier molecular flexibility index (Phi) is 6.16. The number of carbonyl (C=O) groups excluding carboxylic acids is 1. The second-order valence-electron chi connectivity index (χ2n) is 6.43. The average Bonchev–Trinajstić information content (AvgIpc) is 2.70. The van der Waals surface area contributed by atoms with Gasteiger partial charge in [0.2, 0.25) is 6.23 Å². The van der Waals surface area contributed by atoms with Crippen molar-refractivity contribution in [2.45, 2.75) is 25.7 Å². The number of rotatable bonds is 8. The van der Waals surface area contributed by atoms with Crippen LogP contribution < -0.4 is 9.47 Å². The van der Waals surface area contributed by atoms with E-state index in [0.29, 0.717) is 23.7 Å². The molecule has 2 aromatic rings. The lowest BCUT2D eigenvalue weighted by atomic mass is 10.1. The maximum atomic E-state index is 12.4. The molecule has 3 rings (SSSR count). The first kappa shape index (κ1) is 19.7. The molecule has 28 heavy (non-hydrogen) atoms. The molecule has 0 fully saturated rings. The van der Waals surface area contributed by atoms with Crippen LogP contribution in [-0.2, 0) is 16.0 Å². The SMILES string of the molecule is CCOC(Cc1ccc(OCC2Oc3ccccc3C(=O)N2C)cc1)C(=O)O. The smallest absolute Gasteiger partial charge is 0.333 e. The first-order chi connectivity index (χ1) is 13.5. The maximum absolute atomic E-state index is 12.4. The fraction of sp³-hybridized carbons (Fsp3) is 0.333. The predicted octanol–water partition coefficient (Wildman–Crippen LogP) is 2.59. The number of benzene rings is 2. The summed E-state index contributed by atoms with van der Waals surface area (Å²) in [5.74, 6) is 0.0616. The summed E-state index contributed by atoms with van der Waals surface area (Å²) in [6.07, 6.45) is -1.12. The topological polar surface area (TPSA) is 85.3 Å². The molecule has 2 unspecified atom stereocenters. The molecule has 7 nitrogen and oxygen atoms in total. The van der Waals surface area contributed by atoms with Gasteiger partial charge in [-0.25, -0.2) is 4.79 Å². The van der Waals surface area contributed by atoms with E-state index in [0.717, 1.165) is 5.56 Å². The highest BCUT2D eigenvalue weighted by atomic mass is 16.5. The van der Waals surface area contributed by atoms with Gasteiger partial charge in [-0.05, 0) is 36.8 Å². The molecule has 1 N–H and O–H groups in total. The van der Waals surface area contributed by atoms with Crippen LogP contribution >= 0.6 is 0 Å². The Bertz CT molecular complexity index is 835. The van der Waals surface area contributed by atoms with Gasteiger partial charge in [-0.3, -0.25) is 4.79 Å². The minimum Gasteiger partial charge on any atom is -0.488 e. The molecule has 0 spiro atoms. The highest BCUT2D eigenvalue weighted by Gasteiger charge is 2.31. The molecule has 7 heteroatoms. The average molecular weight is 385 g/mol. The van der Waals surface area contributed by atoms with Crippen LogP contribution in [0.1, 0.15) is 22.8 Å². The number of fused-ring (bicyclic) bond motifs is 1. The summed E-state index contributed by atoms with van der Waals surface area (Å²) < 4.78 is 16.9. The molecule has 1 aliphatic heterocycles. The van der Waals surface area contributed by atoms with Crippen molar-refractivity contribution in [1.82, 2.24) is 4.90 Å². The molecule has 1 aliphatic rings. The number of likely N-dealkylation sites (N-methyl/N-ethyl adjacent to an activating group) is 1. The number of carboxylic acids is 1. The fourth-order valence-electron chi connectivity index (χ4n) is 2.96. The van der Waals surface area contributed by atoms with E-state index in [-0.39, 0.29) is 18.9 Å². The van der Waals surface area contributed by atoms with E-state index in [2.05, 4.69) is 0 Å². The van der Waals surface area contributed by atoms with Crippen LogP contribution in [0.2, 0.25) is 0 Å². The van der Waals surface area contributed by atoms with Crippen molar-refractivity contribution >= 4 is 11.9 Å². The van der Waals surface area contributed by atoms with Crippen LogP contribution in [0.25, 0.3) is 0 Å². The molecule has 0 saturated carbocycles. The van der Waals surface area contributed by atoms with Crippen molar-refractivity contribution in [3.63, 3.8) is 0 Å². The van der Waals surface area contributed by atoms with Gasteiger partial charge in [0.25, 0.3) is 5.91 Å². The van der Waals surface area contributed by atoms with Crippen LogP contribution in [-0.4, -0.2) is 54.5 Å². The summed E-state index contributed by atoms with van der Waals surface area (Å²) in [5.41, 5.74) is 1.37. The molecule has 0 bridgehead atoms. The fourth-order valence-corrected chi connectivity index (χ4v) is 2.96. The number of aliphatic carboxylic acids is 1. The quantitative estimate of drug-likeness (QED) is 0.752. The lowest BCUT2D eigenvalue weighted by Crippen LogP contribution is -2.48. The van der Waals surface area contributed by atoms with Crippen molar-refractivity contribution in [1.29, 1.82) is 0 Å². The third-order valence-electron chi connectivity index (χ3n) is 4.51. The van der Waals surface area contributed by atoms with Crippen molar-refractivity contribution in [2.24, 2.45) is 0 Å². The first-order valence-corrected chi connectivity index (χ1v) is 9.08. The lowest BCUT2D eigenvalue weighted by Gasteiger charge is -2.33. The number of hydrogen-bond donors (Lipinski definition) is 1. The van der Waals surface area contributed by atoms with Gasteiger partial charge in [0.1, 0.15) is 18.1 Å². The van der Waals surface area contributed by atoms with Crippen LogP contribution in [0.3, 0.4) is 0 Å². The van der Waals surface area contributed by atoms with Crippen LogP contribution in [0.4, 0.5) is 0 Å². The highest BCUT2D eigenvalue weighted by molar-refractivity contribution is 5.97. The zero-order valence-corrected chi connectivity index (χ0v) is 15.8. The molecule has 0 aliphatic carbocycles. The molecular formula is C21H23NO6. The third-order valence-corrected chi connectivity index (χ3v) is 4.51. The van der Waals surface area contributed by atoms with E-state index in [9.17, 15) is 9.59 Å². The Hall–Kier alpha value is -3.06. The summed E-state index contributed by atoms with van der Waals surface area (Å²) in [6.45, 7) is 2.28. The van der Waals surface area contributed by atoms with Crippen LogP contribution in [0.5, 0.6) is 11.5 Å². The second-order valence-corrected chi connectivity index (χ2v) is 6.43. The number of nitrogens with zero attached hydrogens (tertiary/aromatic N) is 1. The Balaban J connectivity index is 1.59. The van der Waals surface area contributed by atoms with E-state index in [1.165, 1.54) is 4.90 Å². The second kappa shape index (κ2) is 8.75. The summed E-state index contributed by atoms with van der Waals surface area (Å²) in [4.78, 5) is 25.1. The van der Waals surface area contributed by atoms with Gasteiger partial charge in [0.05, 0.1) is 5.56 Å². The first-order valence-electron chi connectivity index (χ1n) is 9.08. The summed E-state index contributed by atoms with van der Waals surface area (Å²) in [6, 6.07) is 14.2. The Morgan fingerprint density at radius 1 is 1.21 bits per heavy atom. The molecule has 2 atom stereocenters. The van der Waals surface area contributed by atoms with Gasteiger partial charge >= 0.3 is 5.97 Å². The maximum Gasteiger partial charge on any atom is 0.333 e. The van der Waals surface area contributed by atoms with E-state index in [1.807, 2.05) is 6.07 Å². The van der Waals surface area contributed by atoms with Gasteiger partial charge in [0.15, 0.2) is 6.10 Å². The number of hydrogen-bond acceptors (Lipinski definition) is 5. The van der Waals surface area contributed by atoms with Crippen molar-refractivity contribution in [3.8, 4) is 11.5 Å². The van der Waals surface area contributed by atoms with Gasteiger partial charge in [0, 0.05) is 20.1 Å².